The maximum Gasteiger partial charge on any atom is 0.254 e. The minimum atomic E-state index is -0.214. The fourth-order valence-corrected chi connectivity index (χ4v) is 3.34. The van der Waals surface area contributed by atoms with Crippen molar-refractivity contribution in [1.29, 1.82) is 0 Å². The zero-order valence-corrected chi connectivity index (χ0v) is 17.1. The lowest BCUT2D eigenvalue weighted by atomic mass is 10.1. The van der Waals surface area contributed by atoms with Crippen molar-refractivity contribution in [3.05, 3.63) is 47.0 Å². The lowest BCUT2D eigenvalue weighted by Gasteiger charge is -2.22. The smallest absolute Gasteiger partial charge is 0.254 e. The molecule has 0 aliphatic carbocycles. The highest BCUT2D eigenvalue weighted by Crippen LogP contribution is 2.13. The van der Waals surface area contributed by atoms with Gasteiger partial charge in [-0.2, -0.15) is 0 Å². The molecule has 27 heavy (non-hydrogen) atoms. The van der Waals surface area contributed by atoms with E-state index in [0.29, 0.717) is 17.2 Å². The van der Waals surface area contributed by atoms with Crippen molar-refractivity contribution in [2.24, 2.45) is 0 Å². The SMILES string of the molecule is CCCCCN(CC(=O)Nc1nccs1)C(=O)c1ccc(CCCC)cc1. The zero-order valence-electron chi connectivity index (χ0n) is 16.2. The molecule has 2 aromatic rings. The minimum Gasteiger partial charge on any atom is -0.329 e. The molecule has 2 amide bonds. The summed E-state index contributed by atoms with van der Waals surface area (Å²) >= 11 is 1.37. The number of hydrogen-bond donors (Lipinski definition) is 1. The van der Waals surface area contributed by atoms with E-state index in [1.165, 1.54) is 16.9 Å². The Hall–Kier alpha value is -2.21. The second kappa shape index (κ2) is 11.5. The van der Waals surface area contributed by atoms with E-state index >= 15 is 0 Å². The van der Waals surface area contributed by atoms with Crippen LogP contribution in [0.2, 0.25) is 0 Å². The molecule has 2 rings (SSSR count). The fourth-order valence-electron chi connectivity index (χ4n) is 2.80. The van der Waals surface area contributed by atoms with Crippen LogP contribution in [0.5, 0.6) is 0 Å². The van der Waals surface area contributed by atoms with Gasteiger partial charge in [0.1, 0.15) is 6.54 Å². The van der Waals surface area contributed by atoms with Crippen LogP contribution in [0, 0.1) is 0 Å². The maximum atomic E-state index is 12.9. The number of hydrogen-bond acceptors (Lipinski definition) is 4. The number of carbonyl (C=O) groups is 2. The van der Waals surface area contributed by atoms with Gasteiger partial charge in [-0.25, -0.2) is 4.98 Å². The summed E-state index contributed by atoms with van der Waals surface area (Å²) < 4.78 is 0. The molecule has 0 unspecified atom stereocenters. The largest absolute Gasteiger partial charge is 0.329 e. The van der Waals surface area contributed by atoms with Gasteiger partial charge in [-0.15, -0.1) is 11.3 Å². The van der Waals surface area contributed by atoms with Crippen molar-refractivity contribution in [1.82, 2.24) is 9.88 Å². The molecule has 0 bridgehead atoms. The number of anilines is 1. The molecule has 0 saturated carbocycles. The van der Waals surface area contributed by atoms with Gasteiger partial charge in [0.05, 0.1) is 0 Å². The number of nitrogens with zero attached hydrogens (tertiary/aromatic N) is 2. The van der Waals surface area contributed by atoms with Crippen LogP contribution < -0.4 is 5.32 Å². The number of aromatic nitrogens is 1. The Bertz CT molecular complexity index is 699. The van der Waals surface area contributed by atoms with Gasteiger partial charge in [0.15, 0.2) is 5.13 Å². The molecule has 0 saturated heterocycles. The molecule has 1 heterocycles. The van der Waals surface area contributed by atoms with E-state index in [4.69, 9.17) is 0 Å². The van der Waals surface area contributed by atoms with Crippen molar-refractivity contribution in [2.75, 3.05) is 18.4 Å². The molecule has 1 N–H and O–H groups in total. The first-order chi connectivity index (χ1) is 13.1. The average Bonchev–Trinajstić information content (AvgIpc) is 3.18. The van der Waals surface area contributed by atoms with Gasteiger partial charge in [-0.3, -0.25) is 9.59 Å². The van der Waals surface area contributed by atoms with Gasteiger partial charge in [0.25, 0.3) is 5.91 Å². The Kier molecular flexibility index (Phi) is 8.98. The molecule has 1 aromatic carbocycles. The highest BCUT2D eigenvalue weighted by Gasteiger charge is 2.19. The van der Waals surface area contributed by atoms with Crippen LogP contribution in [0.1, 0.15) is 61.9 Å². The third kappa shape index (κ3) is 7.13. The van der Waals surface area contributed by atoms with Crippen molar-refractivity contribution < 1.29 is 9.59 Å². The lowest BCUT2D eigenvalue weighted by molar-refractivity contribution is -0.116. The highest BCUT2D eigenvalue weighted by atomic mass is 32.1. The van der Waals surface area contributed by atoms with Gasteiger partial charge in [0, 0.05) is 23.7 Å². The molecular weight excluding hydrogens is 358 g/mol. The molecule has 1 aromatic heterocycles. The maximum absolute atomic E-state index is 12.9. The van der Waals surface area contributed by atoms with Crippen LogP contribution in [-0.4, -0.2) is 34.8 Å². The molecule has 146 valence electrons. The van der Waals surface area contributed by atoms with Crippen LogP contribution in [0.4, 0.5) is 5.13 Å². The van der Waals surface area contributed by atoms with Gasteiger partial charge in [-0.05, 0) is 37.0 Å². The summed E-state index contributed by atoms with van der Waals surface area (Å²) in [5, 5.41) is 5.12. The first kappa shape index (κ1) is 21.1. The summed E-state index contributed by atoms with van der Waals surface area (Å²) in [6.07, 6.45) is 7.97. The number of carbonyl (C=O) groups excluding carboxylic acids is 2. The fraction of sp³-hybridized carbons (Fsp3) is 0.476. The van der Waals surface area contributed by atoms with Crippen LogP contribution in [0.25, 0.3) is 0 Å². The van der Waals surface area contributed by atoms with Gasteiger partial charge in [0.2, 0.25) is 5.91 Å². The number of thiazole rings is 1. The number of unbranched alkanes of at least 4 members (excludes halogenated alkanes) is 3. The van der Waals surface area contributed by atoms with Crippen molar-refractivity contribution in [2.45, 2.75) is 52.4 Å². The Morgan fingerprint density at radius 3 is 2.44 bits per heavy atom. The predicted octanol–water partition coefficient (Wildman–Crippen LogP) is 4.76. The number of aryl methyl sites for hydroxylation is 1. The summed E-state index contributed by atoms with van der Waals surface area (Å²) in [6, 6.07) is 7.78. The molecule has 0 spiro atoms. The molecular formula is C21H29N3O2S. The normalized spacial score (nSPS) is 10.6. The van der Waals surface area contributed by atoms with Gasteiger partial charge >= 0.3 is 0 Å². The van der Waals surface area contributed by atoms with Crippen molar-refractivity contribution in [3.8, 4) is 0 Å². The van der Waals surface area contributed by atoms with Crippen molar-refractivity contribution in [3.63, 3.8) is 0 Å². The monoisotopic (exact) mass is 387 g/mol. The first-order valence-electron chi connectivity index (χ1n) is 9.71. The molecule has 0 radical (unpaired) electrons. The highest BCUT2D eigenvalue weighted by molar-refractivity contribution is 7.13. The Morgan fingerprint density at radius 1 is 1.07 bits per heavy atom. The third-order valence-corrected chi connectivity index (χ3v) is 5.04. The number of nitrogens with one attached hydrogen (secondary N) is 1. The molecule has 5 nitrogen and oxygen atoms in total. The van der Waals surface area contributed by atoms with Crippen LogP contribution in [0.15, 0.2) is 35.8 Å². The summed E-state index contributed by atoms with van der Waals surface area (Å²) in [7, 11) is 0. The first-order valence-corrected chi connectivity index (χ1v) is 10.6. The molecule has 0 aliphatic heterocycles. The second-order valence-electron chi connectivity index (χ2n) is 6.62. The van der Waals surface area contributed by atoms with Gasteiger partial charge < -0.3 is 10.2 Å². The summed E-state index contributed by atoms with van der Waals surface area (Å²) in [4.78, 5) is 31.0. The lowest BCUT2D eigenvalue weighted by Crippen LogP contribution is -2.38. The molecule has 0 aliphatic rings. The molecule has 6 heteroatoms. The zero-order chi connectivity index (χ0) is 19.5. The standard InChI is InChI=1S/C21H29N3O2S/c1-3-5-7-14-24(16-19(25)23-21-22-13-15-27-21)20(26)18-11-9-17(10-12-18)8-6-4-2/h9-13,15H,3-8,14,16H2,1-2H3,(H,22,23,25). The molecule has 0 atom stereocenters. The summed E-state index contributed by atoms with van der Waals surface area (Å²) in [6.45, 7) is 4.91. The Morgan fingerprint density at radius 2 is 1.81 bits per heavy atom. The third-order valence-electron chi connectivity index (χ3n) is 4.35. The van der Waals surface area contributed by atoms with E-state index in [9.17, 15) is 9.59 Å². The molecule has 0 fully saturated rings. The quantitative estimate of drug-likeness (QED) is 0.566. The Balaban J connectivity index is 2.02. The number of rotatable bonds is 11. The number of benzene rings is 1. The van der Waals surface area contributed by atoms with E-state index < -0.39 is 0 Å². The second-order valence-corrected chi connectivity index (χ2v) is 7.51. The number of amides is 2. The Labute approximate surface area is 165 Å². The van der Waals surface area contributed by atoms with Gasteiger partial charge in [-0.1, -0.05) is 45.2 Å². The van der Waals surface area contributed by atoms with E-state index in [1.54, 1.807) is 16.5 Å². The average molecular weight is 388 g/mol. The van der Waals surface area contributed by atoms with E-state index in [0.717, 1.165) is 38.5 Å². The summed E-state index contributed by atoms with van der Waals surface area (Å²) in [5.74, 6) is -0.309. The predicted molar refractivity (Wildman–Crippen MR) is 111 cm³/mol. The van der Waals surface area contributed by atoms with Crippen molar-refractivity contribution >= 4 is 28.3 Å². The van der Waals surface area contributed by atoms with E-state index in [1.807, 2.05) is 24.3 Å². The van der Waals surface area contributed by atoms with Crippen LogP contribution >= 0.6 is 11.3 Å². The van der Waals surface area contributed by atoms with Crippen LogP contribution in [-0.2, 0) is 11.2 Å². The minimum absolute atomic E-state index is 0.0414. The summed E-state index contributed by atoms with van der Waals surface area (Å²) in [5.41, 5.74) is 1.88. The topological polar surface area (TPSA) is 62.3 Å². The van der Waals surface area contributed by atoms with E-state index in [2.05, 4.69) is 24.1 Å². The van der Waals surface area contributed by atoms with E-state index in [-0.39, 0.29) is 18.4 Å². The van der Waals surface area contributed by atoms with Crippen LogP contribution in [0.3, 0.4) is 0 Å².